The summed E-state index contributed by atoms with van der Waals surface area (Å²) in [5, 5.41) is 16.8. The fourth-order valence-electron chi connectivity index (χ4n) is 2.18. The van der Waals surface area contributed by atoms with E-state index in [-0.39, 0.29) is 6.10 Å². The standard InChI is InChI=1S/C12H18N6O2S/c1-3-19-12-17-15-10(21-12)7-18-4-5-20-9(6-18)11-13-8(2)14-16-11/h9H,3-7H2,1-2H3,(H,13,14,16)/t9-/m1/s1. The highest BCUT2D eigenvalue weighted by Crippen LogP contribution is 2.23. The van der Waals surface area contributed by atoms with Crippen LogP contribution in [0.15, 0.2) is 0 Å². The van der Waals surface area contributed by atoms with Crippen molar-refractivity contribution in [2.45, 2.75) is 26.5 Å². The van der Waals surface area contributed by atoms with Crippen LogP contribution < -0.4 is 4.74 Å². The van der Waals surface area contributed by atoms with Crippen LogP contribution in [0.5, 0.6) is 5.19 Å². The molecular formula is C12H18N6O2S. The summed E-state index contributed by atoms with van der Waals surface area (Å²) in [4.78, 5) is 6.61. The molecule has 1 aliphatic rings. The number of rotatable bonds is 5. The van der Waals surface area contributed by atoms with Crippen molar-refractivity contribution in [1.29, 1.82) is 0 Å². The lowest BCUT2D eigenvalue weighted by molar-refractivity contribution is -0.0371. The predicted octanol–water partition coefficient (Wildman–Crippen LogP) is 0.937. The third-order valence-corrected chi connectivity index (χ3v) is 3.95. The number of H-pyrrole nitrogens is 1. The molecule has 0 unspecified atom stereocenters. The Morgan fingerprint density at radius 1 is 1.48 bits per heavy atom. The van der Waals surface area contributed by atoms with Gasteiger partial charge in [-0.2, -0.15) is 5.10 Å². The molecule has 1 saturated heterocycles. The third kappa shape index (κ3) is 3.55. The smallest absolute Gasteiger partial charge is 0.294 e. The van der Waals surface area contributed by atoms with E-state index in [0.717, 1.165) is 30.5 Å². The van der Waals surface area contributed by atoms with Gasteiger partial charge in [-0.05, 0) is 13.8 Å². The number of ether oxygens (including phenoxy) is 2. The molecule has 1 N–H and O–H groups in total. The van der Waals surface area contributed by atoms with E-state index in [1.807, 2.05) is 13.8 Å². The molecule has 1 aliphatic heterocycles. The number of nitrogens with one attached hydrogen (secondary N) is 1. The summed E-state index contributed by atoms with van der Waals surface area (Å²) in [6, 6.07) is 0. The molecule has 0 aliphatic carbocycles. The molecule has 8 nitrogen and oxygen atoms in total. The molecule has 0 spiro atoms. The van der Waals surface area contributed by atoms with Crippen LogP contribution >= 0.6 is 11.3 Å². The van der Waals surface area contributed by atoms with Crippen LogP contribution in [0.1, 0.15) is 29.7 Å². The number of aromatic nitrogens is 5. The SMILES string of the molecule is CCOc1nnc(CN2CCO[C@@H](c3n[nH]c(C)n3)C2)s1. The maximum absolute atomic E-state index is 5.75. The molecule has 3 rings (SSSR count). The highest BCUT2D eigenvalue weighted by Gasteiger charge is 2.25. The van der Waals surface area contributed by atoms with Crippen LogP contribution in [0.25, 0.3) is 0 Å². The lowest BCUT2D eigenvalue weighted by Crippen LogP contribution is -2.38. The second kappa shape index (κ2) is 6.46. The van der Waals surface area contributed by atoms with Crippen LogP contribution in [0.3, 0.4) is 0 Å². The first-order chi connectivity index (χ1) is 10.2. The van der Waals surface area contributed by atoms with Crippen molar-refractivity contribution >= 4 is 11.3 Å². The van der Waals surface area contributed by atoms with E-state index < -0.39 is 0 Å². The normalized spacial score (nSPS) is 19.8. The topological polar surface area (TPSA) is 89.0 Å². The van der Waals surface area contributed by atoms with Gasteiger partial charge in [0.1, 0.15) is 16.9 Å². The van der Waals surface area contributed by atoms with E-state index in [9.17, 15) is 0 Å². The summed E-state index contributed by atoms with van der Waals surface area (Å²) in [5.74, 6) is 1.51. The van der Waals surface area contributed by atoms with Gasteiger partial charge in [-0.3, -0.25) is 10.00 Å². The molecule has 9 heteroatoms. The maximum atomic E-state index is 5.75. The molecule has 0 aromatic carbocycles. The van der Waals surface area contributed by atoms with Crippen molar-refractivity contribution in [3.05, 3.63) is 16.7 Å². The minimum Gasteiger partial charge on any atom is -0.469 e. The molecule has 2 aromatic rings. The summed E-state index contributed by atoms with van der Waals surface area (Å²) in [5.41, 5.74) is 0. The Balaban J connectivity index is 1.60. The van der Waals surface area contributed by atoms with Crippen LogP contribution in [0.2, 0.25) is 0 Å². The average molecular weight is 310 g/mol. The molecule has 114 valence electrons. The minimum atomic E-state index is -0.0945. The van der Waals surface area contributed by atoms with Gasteiger partial charge < -0.3 is 9.47 Å². The van der Waals surface area contributed by atoms with E-state index in [2.05, 4.69) is 30.3 Å². The first-order valence-corrected chi connectivity index (χ1v) is 7.74. The van der Waals surface area contributed by atoms with Gasteiger partial charge >= 0.3 is 0 Å². The number of aromatic amines is 1. The lowest BCUT2D eigenvalue weighted by Gasteiger charge is -2.30. The minimum absolute atomic E-state index is 0.0945. The highest BCUT2D eigenvalue weighted by atomic mass is 32.1. The number of hydrogen-bond donors (Lipinski definition) is 1. The van der Waals surface area contributed by atoms with Gasteiger partial charge in [0.05, 0.1) is 19.8 Å². The van der Waals surface area contributed by atoms with Crippen LogP contribution in [-0.2, 0) is 11.3 Å². The Labute approximate surface area is 126 Å². The van der Waals surface area contributed by atoms with Crippen molar-refractivity contribution in [1.82, 2.24) is 30.3 Å². The van der Waals surface area contributed by atoms with Gasteiger partial charge in [0, 0.05) is 13.1 Å². The van der Waals surface area contributed by atoms with Crippen molar-refractivity contribution in [2.24, 2.45) is 0 Å². The zero-order valence-electron chi connectivity index (χ0n) is 12.1. The molecule has 0 radical (unpaired) electrons. The Morgan fingerprint density at radius 2 is 2.38 bits per heavy atom. The molecule has 0 amide bonds. The Hall–Kier alpha value is -1.58. The first-order valence-electron chi connectivity index (χ1n) is 6.92. The average Bonchev–Trinajstić information content (AvgIpc) is 3.09. The number of aryl methyl sites for hydroxylation is 1. The van der Waals surface area contributed by atoms with Crippen molar-refractivity contribution in [2.75, 3.05) is 26.3 Å². The van der Waals surface area contributed by atoms with Gasteiger partial charge in [-0.25, -0.2) is 4.98 Å². The monoisotopic (exact) mass is 310 g/mol. The summed E-state index contributed by atoms with van der Waals surface area (Å²) in [6.07, 6.45) is -0.0945. The van der Waals surface area contributed by atoms with Gasteiger partial charge in [0.2, 0.25) is 0 Å². The first kappa shape index (κ1) is 14.4. The van der Waals surface area contributed by atoms with E-state index in [4.69, 9.17) is 9.47 Å². The van der Waals surface area contributed by atoms with Crippen molar-refractivity contribution in [3.63, 3.8) is 0 Å². The fraction of sp³-hybridized carbons (Fsp3) is 0.667. The lowest BCUT2D eigenvalue weighted by atomic mass is 10.2. The van der Waals surface area contributed by atoms with Crippen molar-refractivity contribution < 1.29 is 9.47 Å². The summed E-state index contributed by atoms with van der Waals surface area (Å²) >= 11 is 1.49. The zero-order chi connectivity index (χ0) is 14.7. The Bertz CT molecular complexity index is 586. The number of hydrogen-bond acceptors (Lipinski definition) is 8. The largest absolute Gasteiger partial charge is 0.469 e. The summed E-state index contributed by atoms with van der Waals surface area (Å²) in [6.45, 7) is 7.45. The molecule has 2 aromatic heterocycles. The molecule has 3 heterocycles. The van der Waals surface area contributed by atoms with E-state index in [1.165, 1.54) is 11.3 Å². The Morgan fingerprint density at radius 3 is 3.14 bits per heavy atom. The number of nitrogens with zero attached hydrogens (tertiary/aromatic N) is 5. The molecular weight excluding hydrogens is 292 g/mol. The van der Waals surface area contributed by atoms with Gasteiger partial charge in [0.25, 0.3) is 5.19 Å². The van der Waals surface area contributed by atoms with Gasteiger partial charge in [0.15, 0.2) is 5.82 Å². The van der Waals surface area contributed by atoms with Crippen LogP contribution in [0, 0.1) is 6.92 Å². The van der Waals surface area contributed by atoms with Crippen molar-refractivity contribution in [3.8, 4) is 5.19 Å². The second-order valence-electron chi connectivity index (χ2n) is 4.77. The number of morpholine rings is 1. The quantitative estimate of drug-likeness (QED) is 0.879. The van der Waals surface area contributed by atoms with Crippen LogP contribution in [-0.4, -0.2) is 56.6 Å². The second-order valence-corrected chi connectivity index (χ2v) is 5.79. The van der Waals surface area contributed by atoms with E-state index in [0.29, 0.717) is 24.2 Å². The summed E-state index contributed by atoms with van der Waals surface area (Å²) in [7, 11) is 0. The van der Waals surface area contributed by atoms with Crippen LogP contribution in [0.4, 0.5) is 0 Å². The Kier molecular flexibility index (Phi) is 4.42. The van der Waals surface area contributed by atoms with Gasteiger partial charge in [-0.15, -0.1) is 10.2 Å². The molecule has 0 saturated carbocycles. The highest BCUT2D eigenvalue weighted by molar-refractivity contribution is 7.13. The molecule has 1 atom stereocenters. The van der Waals surface area contributed by atoms with E-state index in [1.54, 1.807) is 0 Å². The molecule has 21 heavy (non-hydrogen) atoms. The molecule has 0 bridgehead atoms. The third-order valence-electron chi connectivity index (χ3n) is 3.13. The summed E-state index contributed by atoms with van der Waals surface area (Å²) < 4.78 is 11.1. The molecule has 1 fully saturated rings. The van der Waals surface area contributed by atoms with Gasteiger partial charge in [-0.1, -0.05) is 11.3 Å². The fourth-order valence-corrected chi connectivity index (χ4v) is 2.97. The predicted molar refractivity (Wildman–Crippen MR) is 76.2 cm³/mol. The zero-order valence-corrected chi connectivity index (χ0v) is 12.9. The maximum Gasteiger partial charge on any atom is 0.294 e. The van der Waals surface area contributed by atoms with E-state index >= 15 is 0 Å².